The monoisotopic (exact) mass is 301 g/mol. The van der Waals surface area contributed by atoms with E-state index in [9.17, 15) is 4.79 Å². The molecule has 0 spiro atoms. The van der Waals surface area contributed by atoms with Crippen LogP contribution in [0.4, 0.5) is 0 Å². The van der Waals surface area contributed by atoms with Crippen LogP contribution in [0.5, 0.6) is 0 Å². The Balaban J connectivity index is 2.18. The van der Waals surface area contributed by atoms with Gasteiger partial charge in [0.2, 0.25) is 0 Å². The third-order valence-electron chi connectivity index (χ3n) is 2.92. The summed E-state index contributed by atoms with van der Waals surface area (Å²) in [6, 6.07) is 7.57. The zero-order valence-electron chi connectivity index (χ0n) is 11.8. The third-order valence-corrected chi connectivity index (χ3v) is 3.74. The third kappa shape index (κ3) is 3.66. The van der Waals surface area contributed by atoms with Crippen molar-refractivity contribution in [2.24, 2.45) is 0 Å². The van der Waals surface area contributed by atoms with Gasteiger partial charge in [0.1, 0.15) is 11.5 Å². The highest BCUT2D eigenvalue weighted by Gasteiger charge is 2.18. The fourth-order valence-electron chi connectivity index (χ4n) is 1.84. The Labute approximate surface area is 127 Å². The molecule has 0 aliphatic carbocycles. The van der Waals surface area contributed by atoms with Crippen LogP contribution in [0, 0.1) is 18.8 Å². The summed E-state index contributed by atoms with van der Waals surface area (Å²) in [5.41, 5.74) is 2.39. The Hall–Kier alpha value is -2.23. The SMILES string of the molecule is Cc1nnsc1C(=O)N(C)Cc1ccccc1C#CCO. The molecule has 1 N–H and O–H groups in total. The number of rotatable bonds is 3. The van der Waals surface area contributed by atoms with E-state index in [1.807, 2.05) is 24.3 Å². The summed E-state index contributed by atoms with van der Waals surface area (Å²) in [4.78, 5) is 14.5. The standard InChI is InChI=1S/C15H15N3O2S/c1-11-14(21-17-16-11)15(20)18(2)10-13-7-4-3-6-12(13)8-5-9-19/h3-4,6-7,19H,9-10H2,1-2H3. The van der Waals surface area contributed by atoms with Crippen molar-refractivity contribution in [2.45, 2.75) is 13.5 Å². The summed E-state index contributed by atoms with van der Waals surface area (Å²) >= 11 is 1.10. The molecule has 2 aromatic rings. The van der Waals surface area contributed by atoms with Gasteiger partial charge in [0.25, 0.3) is 5.91 Å². The highest BCUT2D eigenvalue weighted by Crippen LogP contribution is 2.15. The van der Waals surface area contributed by atoms with Crippen LogP contribution in [-0.2, 0) is 6.54 Å². The van der Waals surface area contributed by atoms with Crippen molar-refractivity contribution in [2.75, 3.05) is 13.7 Å². The number of aliphatic hydroxyl groups is 1. The van der Waals surface area contributed by atoms with E-state index in [0.717, 1.165) is 22.7 Å². The summed E-state index contributed by atoms with van der Waals surface area (Å²) in [6.07, 6.45) is 0. The van der Waals surface area contributed by atoms with Crippen molar-refractivity contribution in [1.82, 2.24) is 14.5 Å². The van der Waals surface area contributed by atoms with Gasteiger partial charge < -0.3 is 10.0 Å². The molecule has 0 atom stereocenters. The van der Waals surface area contributed by atoms with E-state index in [2.05, 4.69) is 21.4 Å². The first-order valence-electron chi connectivity index (χ1n) is 6.35. The number of aliphatic hydroxyl groups excluding tert-OH is 1. The normalized spacial score (nSPS) is 9.86. The minimum absolute atomic E-state index is 0.104. The summed E-state index contributed by atoms with van der Waals surface area (Å²) in [7, 11) is 1.73. The van der Waals surface area contributed by atoms with Gasteiger partial charge in [-0.2, -0.15) is 0 Å². The van der Waals surface area contributed by atoms with Crippen molar-refractivity contribution >= 4 is 17.4 Å². The van der Waals surface area contributed by atoms with E-state index in [-0.39, 0.29) is 12.5 Å². The molecule has 0 saturated heterocycles. The quantitative estimate of drug-likeness (QED) is 0.872. The molecule has 0 aliphatic rings. The van der Waals surface area contributed by atoms with Gasteiger partial charge >= 0.3 is 0 Å². The fourth-order valence-corrected chi connectivity index (χ4v) is 2.50. The number of hydrogen-bond acceptors (Lipinski definition) is 5. The summed E-state index contributed by atoms with van der Waals surface area (Å²) in [5, 5.41) is 12.6. The van der Waals surface area contributed by atoms with Crippen molar-refractivity contribution in [3.63, 3.8) is 0 Å². The molecular weight excluding hydrogens is 286 g/mol. The predicted molar refractivity (Wildman–Crippen MR) is 80.8 cm³/mol. The Morgan fingerprint density at radius 3 is 2.86 bits per heavy atom. The second kappa shape index (κ2) is 6.97. The smallest absolute Gasteiger partial charge is 0.267 e. The van der Waals surface area contributed by atoms with E-state index in [1.54, 1.807) is 18.9 Å². The van der Waals surface area contributed by atoms with E-state index >= 15 is 0 Å². The predicted octanol–water partition coefficient (Wildman–Crippen LogP) is 1.46. The van der Waals surface area contributed by atoms with Crippen LogP contribution in [0.15, 0.2) is 24.3 Å². The van der Waals surface area contributed by atoms with Crippen LogP contribution < -0.4 is 0 Å². The van der Waals surface area contributed by atoms with E-state index in [0.29, 0.717) is 17.1 Å². The largest absolute Gasteiger partial charge is 0.384 e. The molecule has 0 saturated carbocycles. The first kappa shape index (κ1) is 15.2. The number of carbonyl (C=O) groups excluding carboxylic acids is 1. The molecule has 1 aromatic heterocycles. The van der Waals surface area contributed by atoms with Crippen LogP contribution in [0.3, 0.4) is 0 Å². The van der Waals surface area contributed by atoms with Crippen LogP contribution >= 0.6 is 11.5 Å². The molecule has 1 amide bonds. The first-order chi connectivity index (χ1) is 10.1. The molecule has 2 rings (SSSR count). The second-order valence-electron chi connectivity index (χ2n) is 4.47. The number of aryl methyl sites for hydroxylation is 1. The van der Waals surface area contributed by atoms with Gasteiger partial charge in [-0.3, -0.25) is 4.79 Å². The van der Waals surface area contributed by atoms with Crippen molar-refractivity contribution in [3.05, 3.63) is 46.0 Å². The Morgan fingerprint density at radius 2 is 2.19 bits per heavy atom. The Kier molecular flexibility index (Phi) is 5.04. The van der Waals surface area contributed by atoms with Crippen LogP contribution in [0.2, 0.25) is 0 Å². The summed E-state index contributed by atoms with van der Waals surface area (Å²) < 4.78 is 3.78. The molecule has 1 heterocycles. The maximum Gasteiger partial charge on any atom is 0.267 e. The second-order valence-corrected chi connectivity index (χ2v) is 5.22. The lowest BCUT2D eigenvalue weighted by atomic mass is 10.1. The number of nitrogens with zero attached hydrogens (tertiary/aromatic N) is 3. The van der Waals surface area contributed by atoms with Gasteiger partial charge in [0.05, 0.1) is 5.69 Å². The lowest BCUT2D eigenvalue weighted by Gasteiger charge is -2.17. The maximum atomic E-state index is 12.3. The van der Waals surface area contributed by atoms with E-state index in [1.165, 1.54) is 0 Å². The molecule has 108 valence electrons. The van der Waals surface area contributed by atoms with E-state index < -0.39 is 0 Å². The van der Waals surface area contributed by atoms with Crippen LogP contribution in [0.25, 0.3) is 0 Å². The lowest BCUT2D eigenvalue weighted by Crippen LogP contribution is -2.26. The topological polar surface area (TPSA) is 66.3 Å². The molecule has 1 aromatic carbocycles. The molecule has 0 unspecified atom stereocenters. The molecule has 5 nitrogen and oxygen atoms in total. The number of hydrogen-bond donors (Lipinski definition) is 1. The summed E-state index contributed by atoms with van der Waals surface area (Å²) in [5.74, 6) is 5.42. The average molecular weight is 301 g/mol. The molecule has 6 heteroatoms. The van der Waals surface area contributed by atoms with Crippen molar-refractivity contribution in [1.29, 1.82) is 0 Å². The lowest BCUT2D eigenvalue weighted by molar-refractivity contribution is 0.0789. The van der Waals surface area contributed by atoms with Gasteiger partial charge in [-0.1, -0.05) is 34.5 Å². The molecule has 0 bridgehead atoms. The zero-order valence-corrected chi connectivity index (χ0v) is 12.6. The molecule has 0 fully saturated rings. The number of benzene rings is 1. The Bertz CT molecular complexity index is 700. The number of aromatic nitrogens is 2. The van der Waals surface area contributed by atoms with Gasteiger partial charge in [0, 0.05) is 19.2 Å². The minimum atomic E-state index is -0.186. The molecule has 0 aliphatic heterocycles. The molecule has 0 radical (unpaired) electrons. The fraction of sp³-hybridized carbons (Fsp3) is 0.267. The van der Waals surface area contributed by atoms with Crippen LogP contribution in [-0.4, -0.2) is 39.2 Å². The van der Waals surface area contributed by atoms with Crippen molar-refractivity contribution in [3.8, 4) is 11.8 Å². The zero-order chi connectivity index (χ0) is 15.2. The highest BCUT2D eigenvalue weighted by molar-refractivity contribution is 7.07. The number of carbonyl (C=O) groups is 1. The first-order valence-corrected chi connectivity index (χ1v) is 7.13. The summed E-state index contributed by atoms with van der Waals surface area (Å²) in [6.45, 7) is 2.02. The Morgan fingerprint density at radius 1 is 1.43 bits per heavy atom. The molecule has 21 heavy (non-hydrogen) atoms. The van der Waals surface area contributed by atoms with Gasteiger partial charge in [-0.05, 0) is 30.1 Å². The van der Waals surface area contributed by atoms with Gasteiger partial charge in [-0.15, -0.1) is 5.10 Å². The number of amides is 1. The average Bonchev–Trinajstić information content (AvgIpc) is 2.91. The van der Waals surface area contributed by atoms with E-state index in [4.69, 9.17) is 5.11 Å². The van der Waals surface area contributed by atoms with Crippen molar-refractivity contribution < 1.29 is 9.90 Å². The van der Waals surface area contributed by atoms with Crippen LogP contribution in [0.1, 0.15) is 26.5 Å². The highest BCUT2D eigenvalue weighted by atomic mass is 32.1. The minimum Gasteiger partial charge on any atom is -0.384 e. The maximum absolute atomic E-state index is 12.3. The van der Waals surface area contributed by atoms with Gasteiger partial charge in [-0.25, -0.2) is 0 Å². The molecular formula is C15H15N3O2S. The van der Waals surface area contributed by atoms with Gasteiger partial charge in [0.15, 0.2) is 0 Å².